The molecular weight excluding hydrogens is 513 g/mol. The summed E-state index contributed by atoms with van der Waals surface area (Å²) in [6.45, 7) is 2.23. The lowest BCUT2D eigenvalue weighted by Crippen LogP contribution is -2.48. The second-order valence-electron chi connectivity index (χ2n) is 9.69. The fourth-order valence-corrected chi connectivity index (χ4v) is 5.11. The van der Waals surface area contributed by atoms with Gasteiger partial charge in [0.1, 0.15) is 11.9 Å². The highest BCUT2D eigenvalue weighted by molar-refractivity contribution is 6.45. The number of nitrogens with one attached hydrogen (secondary N) is 1. The van der Waals surface area contributed by atoms with Crippen molar-refractivity contribution in [2.45, 2.75) is 43.9 Å². The summed E-state index contributed by atoms with van der Waals surface area (Å²) in [6, 6.07) is 15.3. The molecule has 1 aliphatic heterocycles. The molecule has 194 valence electrons. The number of likely N-dealkylation sites (tertiary alicyclic amines) is 1. The number of carbonyl (C=O) groups excluding carboxylic acids is 1. The Morgan fingerprint density at radius 3 is 2.49 bits per heavy atom. The normalized spacial score (nSPS) is 18.1. The van der Waals surface area contributed by atoms with E-state index in [4.69, 9.17) is 27.9 Å². The first kappa shape index (κ1) is 25.8. The second kappa shape index (κ2) is 11.3. The van der Waals surface area contributed by atoms with Crippen LogP contribution in [0.15, 0.2) is 59.8 Å². The SMILES string of the molecule is O=C(N[C@H](CN1CCCC1)[C@H](O)c1ccc(OC2CC2)c(Cl)c1)/C(=N/O)c1ccc2cc(Cl)ccc2c1. The Morgan fingerprint density at radius 1 is 1.05 bits per heavy atom. The molecule has 0 unspecified atom stereocenters. The van der Waals surface area contributed by atoms with E-state index in [-0.39, 0.29) is 11.8 Å². The highest BCUT2D eigenvalue weighted by Gasteiger charge is 2.30. The molecule has 1 amide bonds. The number of hydrogen-bond donors (Lipinski definition) is 3. The predicted molar refractivity (Wildman–Crippen MR) is 145 cm³/mol. The van der Waals surface area contributed by atoms with E-state index < -0.39 is 18.1 Å². The van der Waals surface area contributed by atoms with Gasteiger partial charge in [-0.05, 0) is 85.4 Å². The number of hydrogen-bond acceptors (Lipinski definition) is 6. The van der Waals surface area contributed by atoms with Crippen LogP contribution in [0.2, 0.25) is 10.0 Å². The van der Waals surface area contributed by atoms with Crippen LogP contribution < -0.4 is 10.1 Å². The molecular formula is C28H29Cl2N3O4. The molecule has 1 heterocycles. The fraction of sp³-hybridized carbons (Fsp3) is 0.357. The lowest BCUT2D eigenvalue weighted by molar-refractivity contribution is -0.116. The van der Waals surface area contributed by atoms with Gasteiger partial charge in [-0.15, -0.1) is 0 Å². The maximum absolute atomic E-state index is 13.3. The van der Waals surface area contributed by atoms with E-state index in [9.17, 15) is 15.1 Å². The van der Waals surface area contributed by atoms with Crippen LogP contribution in [0.4, 0.5) is 0 Å². The Labute approximate surface area is 225 Å². The van der Waals surface area contributed by atoms with Gasteiger partial charge in [-0.3, -0.25) is 4.79 Å². The predicted octanol–water partition coefficient (Wildman–Crippen LogP) is 5.18. The Bertz CT molecular complexity index is 1320. The van der Waals surface area contributed by atoms with Gasteiger partial charge in [0.2, 0.25) is 0 Å². The zero-order valence-electron chi connectivity index (χ0n) is 20.2. The van der Waals surface area contributed by atoms with E-state index in [2.05, 4.69) is 15.4 Å². The lowest BCUT2D eigenvalue weighted by atomic mass is 10.00. The molecule has 37 heavy (non-hydrogen) atoms. The largest absolute Gasteiger partial charge is 0.489 e. The molecule has 3 aromatic carbocycles. The number of nitrogens with zero attached hydrogens (tertiary/aromatic N) is 2. The highest BCUT2D eigenvalue weighted by atomic mass is 35.5. The van der Waals surface area contributed by atoms with Crippen LogP contribution in [0.5, 0.6) is 5.75 Å². The fourth-order valence-electron chi connectivity index (χ4n) is 4.70. The van der Waals surface area contributed by atoms with Gasteiger partial charge in [0.15, 0.2) is 5.71 Å². The van der Waals surface area contributed by atoms with Gasteiger partial charge in [-0.1, -0.05) is 52.6 Å². The first-order valence-electron chi connectivity index (χ1n) is 12.5. The Morgan fingerprint density at radius 2 is 1.78 bits per heavy atom. The molecule has 7 nitrogen and oxygen atoms in total. The molecule has 3 N–H and O–H groups in total. The van der Waals surface area contributed by atoms with Crippen LogP contribution >= 0.6 is 23.2 Å². The number of oxime groups is 1. The smallest absolute Gasteiger partial charge is 0.274 e. The van der Waals surface area contributed by atoms with E-state index in [1.165, 1.54) is 0 Å². The van der Waals surface area contributed by atoms with Gasteiger partial charge in [-0.25, -0.2) is 0 Å². The highest BCUT2D eigenvalue weighted by Crippen LogP contribution is 2.34. The third-order valence-corrected chi connectivity index (χ3v) is 7.39. The molecule has 2 aliphatic rings. The minimum atomic E-state index is -1.03. The number of benzene rings is 3. The van der Waals surface area contributed by atoms with Crippen molar-refractivity contribution >= 4 is 45.6 Å². The first-order valence-corrected chi connectivity index (χ1v) is 13.3. The summed E-state index contributed by atoms with van der Waals surface area (Å²) in [5, 5.41) is 30.1. The van der Waals surface area contributed by atoms with Gasteiger partial charge in [0, 0.05) is 17.1 Å². The van der Waals surface area contributed by atoms with Crippen LogP contribution in [0, 0.1) is 0 Å². The summed E-state index contributed by atoms with van der Waals surface area (Å²) in [5.74, 6) is 0.00591. The Kier molecular flexibility index (Phi) is 7.86. The average Bonchev–Trinajstić information content (AvgIpc) is 3.56. The minimum absolute atomic E-state index is 0.137. The molecule has 2 atom stereocenters. The second-order valence-corrected chi connectivity index (χ2v) is 10.5. The molecule has 0 aromatic heterocycles. The van der Waals surface area contributed by atoms with Gasteiger partial charge >= 0.3 is 0 Å². The van der Waals surface area contributed by atoms with E-state index in [0.29, 0.717) is 33.5 Å². The molecule has 2 fully saturated rings. The van der Waals surface area contributed by atoms with Crippen LogP contribution in [-0.2, 0) is 4.79 Å². The topological polar surface area (TPSA) is 94.4 Å². The summed E-state index contributed by atoms with van der Waals surface area (Å²) >= 11 is 12.5. The van der Waals surface area contributed by atoms with Crippen molar-refractivity contribution in [1.82, 2.24) is 10.2 Å². The summed E-state index contributed by atoms with van der Waals surface area (Å²) in [4.78, 5) is 15.5. The van der Waals surface area contributed by atoms with E-state index >= 15 is 0 Å². The van der Waals surface area contributed by atoms with Crippen molar-refractivity contribution in [3.63, 3.8) is 0 Å². The maximum Gasteiger partial charge on any atom is 0.274 e. The van der Waals surface area contributed by atoms with Gasteiger partial charge < -0.3 is 25.3 Å². The molecule has 5 rings (SSSR count). The monoisotopic (exact) mass is 541 g/mol. The zero-order valence-corrected chi connectivity index (χ0v) is 21.8. The number of aliphatic hydroxyl groups is 1. The van der Waals surface area contributed by atoms with E-state index in [0.717, 1.165) is 49.5 Å². The standard InChI is InChI=1S/C28H29Cl2N3O4/c29-21-7-5-17-13-19(4-3-18(17)14-21)26(32-36)28(35)31-24(16-33-11-1-2-12-33)27(34)20-6-10-25(23(30)15-20)37-22-8-9-22/h3-7,10,13-15,22,24,27,34,36H,1-2,8-9,11-12,16H2,(H,31,35)/b32-26+/t24-,27-/m1/s1. The van der Waals surface area contributed by atoms with Crippen LogP contribution in [0.3, 0.4) is 0 Å². The number of carbonyl (C=O) groups is 1. The molecule has 0 spiro atoms. The average molecular weight is 542 g/mol. The third kappa shape index (κ3) is 6.18. The lowest BCUT2D eigenvalue weighted by Gasteiger charge is -2.29. The molecule has 1 saturated carbocycles. The van der Waals surface area contributed by atoms with Crippen LogP contribution in [0.1, 0.15) is 42.9 Å². The van der Waals surface area contributed by atoms with E-state index in [1.807, 2.05) is 18.2 Å². The number of ether oxygens (including phenoxy) is 1. The van der Waals surface area contributed by atoms with Crippen molar-refractivity contribution < 1.29 is 19.8 Å². The molecule has 9 heteroatoms. The molecule has 0 radical (unpaired) electrons. The van der Waals surface area contributed by atoms with Crippen molar-refractivity contribution in [3.05, 3.63) is 75.8 Å². The summed E-state index contributed by atoms with van der Waals surface area (Å²) in [7, 11) is 0. The van der Waals surface area contributed by atoms with Gasteiger partial charge in [-0.2, -0.15) is 0 Å². The summed E-state index contributed by atoms with van der Waals surface area (Å²) < 4.78 is 5.81. The zero-order chi connectivity index (χ0) is 25.9. The molecule has 0 bridgehead atoms. The number of amides is 1. The number of rotatable bonds is 9. The summed E-state index contributed by atoms with van der Waals surface area (Å²) in [5.41, 5.74) is 0.887. The van der Waals surface area contributed by atoms with Crippen molar-refractivity contribution in [3.8, 4) is 5.75 Å². The maximum atomic E-state index is 13.3. The van der Waals surface area contributed by atoms with Crippen LogP contribution in [-0.4, -0.2) is 58.6 Å². The first-order chi connectivity index (χ1) is 17.9. The number of aliphatic hydroxyl groups excluding tert-OH is 1. The van der Waals surface area contributed by atoms with Gasteiger partial charge in [0.05, 0.1) is 17.2 Å². The quantitative estimate of drug-likeness (QED) is 0.197. The van der Waals surface area contributed by atoms with Gasteiger partial charge in [0.25, 0.3) is 5.91 Å². The number of halogens is 2. The molecule has 1 saturated heterocycles. The van der Waals surface area contributed by atoms with Crippen molar-refractivity contribution in [2.24, 2.45) is 5.16 Å². The molecule has 1 aliphatic carbocycles. The third-order valence-electron chi connectivity index (χ3n) is 6.86. The minimum Gasteiger partial charge on any atom is -0.489 e. The van der Waals surface area contributed by atoms with Crippen molar-refractivity contribution in [2.75, 3.05) is 19.6 Å². The summed E-state index contributed by atoms with van der Waals surface area (Å²) in [6.07, 6.45) is 3.35. The van der Waals surface area contributed by atoms with E-state index in [1.54, 1.807) is 36.4 Å². The number of fused-ring (bicyclic) bond motifs is 1. The Hall–Kier alpha value is -2.84. The Balaban J connectivity index is 1.37. The van der Waals surface area contributed by atoms with Crippen molar-refractivity contribution in [1.29, 1.82) is 0 Å². The molecule has 3 aromatic rings. The van der Waals surface area contributed by atoms with Crippen LogP contribution in [0.25, 0.3) is 10.8 Å².